The first-order chi connectivity index (χ1) is 8.16. The zero-order valence-electron chi connectivity index (χ0n) is 9.94. The van der Waals surface area contributed by atoms with Crippen LogP contribution in [0.2, 0.25) is 0 Å². The predicted octanol–water partition coefficient (Wildman–Crippen LogP) is 3.70. The van der Waals surface area contributed by atoms with E-state index in [2.05, 4.69) is 10.3 Å². The number of pyridine rings is 1. The Balaban J connectivity index is 2.17. The summed E-state index contributed by atoms with van der Waals surface area (Å²) in [5.41, 5.74) is 3.03. The number of anilines is 1. The van der Waals surface area contributed by atoms with Gasteiger partial charge >= 0.3 is 0 Å². The zero-order chi connectivity index (χ0) is 12.3. The number of nitrogens with zero attached hydrogens (tertiary/aromatic N) is 1. The first-order valence-corrected chi connectivity index (χ1v) is 5.59. The van der Waals surface area contributed by atoms with Gasteiger partial charge in [-0.25, -0.2) is 4.39 Å². The van der Waals surface area contributed by atoms with Gasteiger partial charge in [-0.1, -0.05) is 12.1 Å². The summed E-state index contributed by atoms with van der Waals surface area (Å²) in [5, 5.41) is 3.32. The number of hydrogen-bond donors (Lipinski definition) is 1. The summed E-state index contributed by atoms with van der Waals surface area (Å²) in [4.78, 5) is 4.07. The van der Waals surface area contributed by atoms with Crippen molar-refractivity contribution in [2.45, 2.75) is 19.9 Å². The van der Waals surface area contributed by atoms with E-state index in [9.17, 15) is 4.39 Å². The highest BCUT2D eigenvalue weighted by atomic mass is 19.1. The molecule has 1 unspecified atom stereocenters. The Morgan fingerprint density at radius 1 is 1.29 bits per heavy atom. The molecule has 0 amide bonds. The van der Waals surface area contributed by atoms with Crippen LogP contribution in [0.1, 0.15) is 24.1 Å². The van der Waals surface area contributed by atoms with Crippen molar-refractivity contribution in [3.63, 3.8) is 0 Å². The van der Waals surface area contributed by atoms with E-state index in [4.69, 9.17) is 0 Å². The lowest BCUT2D eigenvalue weighted by Crippen LogP contribution is -2.08. The fraction of sp³-hybridized carbons (Fsp3) is 0.214. The summed E-state index contributed by atoms with van der Waals surface area (Å²) in [6.07, 6.45) is 3.54. The Kier molecular flexibility index (Phi) is 3.38. The summed E-state index contributed by atoms with van der Waals surface area (Å²) < 4.78 is 13.1. The molecule has 1 N–H and O–H groups in total. The minimum atomic E-state index is -0.209. The normalized spacial score (nSPS) is 12.2. The molecular weight excluding hydrogens is 215 g/mol. The van der Waals surface area contributed by atoms with E-state index in [1.165, 1.54) is 6.07 Å². The summed E-state index contributed by atoms with van der Waals surface area (Å²) >= 11 is 0. The van der Waals surface area contributed by atoms with Crippen molar-refractivity contribution < 1.29 is 4.39 Å². The molecule has 2 rings (SSSR count). The average Bonchev–Trinajstić information content (AvgIpc) is 2.32. The van der Waals surface area contributed by atoms with Gasteiger partial charge in [0.25, 0.3) is 0 Å². The number of rotatable bonds is 3. The molecule has 0 spiro atoms. The van der Waals surface area contributed by atoms with Crippen molar-refractivity contribution in [2.75, 3.05) is 5.32 Å². The maximum atomic E-state index is 13.1. The molecule has 88 valence electrons. The molecule has 1 aromatic carbocycles. The van der Waals surface area contributed by atoms with E-state index in [0.29, 0.717) is 0 Å². The maximum Gasteiger partial charge on any atom is 0.123 e. The Hall–Kier alpha value is -1.90. The number of benzene rings is 1. The highest BCUT2D eigenvalue weighted by Crippen LogP contribution is 2.21. The van der Waals surface area contributed by atoms with E-state index in [1.807, 2.05) is 26.0 Å². The molecule has 0 radical (unpaired) electrons. The highest BCUT2D eigenvalue weighted by Gasteiger charge is 2.07. The molecular formula is C14H15FN2. The fourth-order valence-electron chi connectivity index (χ4n) is 1.71. The van der Waals surface area contributed by atoms with Gasteiger partial charge in [0, 0.05) is 12.2 Å². The van der Waals surface area contributed by atoms with Gasteiger partial charge in [0.05, 0.1) is 11.9 Å². The van der Waals surface area contributed by atoms with Crippen LogP contribution in [0.25, 0.3) is 0 Å². The first kappa shape index (κ1) is 11.6. The summed E-state index contributed by atoms with van der Waals surface area (Å²) in [7, 11) is 0. The second-order valence-electron chi connectivity index (χ2n) is 4.11. The topological polar surface area (TPSA) is 24.9 Å². The molecule has 1 aromatic heterocycles. The van der Waals surface area contributed by atoms with Gasteiger partial charge in [-0.2, -0.15) is 0 Å². The third-order valence-corrected chi connectivity index (χ3v) is 2.76. The lowest BCUT2D eigenvalue weighted by Gasteiger charge is -2.16. The van der Waals surface area contributed by atoms with Crippen LogP contribution in [-0.4, -0.2) is 4.98 Å². The van der Waals surface area contributed by atoms with Crippen LogP contribution in [0.15, 0.2) is 42.7 Å². The maximum absolute atomic E-state index is 13.1. The Morgan fingerprint density at radius 2 is 2.12 bits per heavy atom. The minimum Gasteiger partial charge on any atom is -0.377 e. The monoisotopic (exact) mass is 230 g/mol. The number of aromatic nitrogens is 1. The third kappa shape index (κ3) is 2.81. The van der Waals surface area contributed by atoms with Crippen LogP contribution >= 0.6 is 0 Å². The number of hydrogen-bond acceptors (Lipinski definition) is 2. The molecule has 1 heterocycles. The van der Waals surface area contributed by atoms with Gasteiger partial charge in [-0.05, 0) is 43.2 Å². The van der Waals surface area contributed by atoms with E-state index < -0.39 is 0 Å². The number of nitrogens with one attached hydrogen (secondary N) is 1. The van der Waals surface area contributed by atoms with Crippen molar-refractivity contribution in [2.24, 2.45) is 0 Å². The van der Waals surface area contributed by atoms with Crippen LogP contribution in [0.3, 0.4) is 0 Å². The summed E-state index contributed by atoms with van der Waals surface area (Å²) in [6.45, 7) is 4.02. The quantitative estimate of drug-likeness (QED) is 0.869. The van der Waals surface area contributed by atoms with E-state index in [1.54, 1.807) is 24.5 Å². The van der Waals surface area contributed by atoms with Crippen molar-refractivity contribution in [3.8, 4) is 0 Å². The molecule has 0 fully saturated rings. The van der Waals surface area contributed by atoms with Gasteiger partial charge in [-0.3, -0.25) is 4.98 Å². The number of aryl methyl sites for hydroxylation is 1. The molecule has 0 aliphatic heterocycles. The average molecular weight is 230 g/mol. The standard InChI is InChI=1S/C14H15FN2/c1-10-6-7-16-9-14(10)17-11(2)12-4-3-5-13(15)8-12/h3-9,11,17H,1-2H3. The summed E-state index contributed by atoms with van der Waals surface area (Å²) in [6, 6.07) is 8.62. The van der Waals surface area contributed by atoms with Crippen LogP contribution in [-0.2, 0) is 0 Å². The van der Waals surface area contributed by atoms with Crippen molar-refractivity contribution in [3.05, 3.63) is 59.7 Å². The molecule has 2 aromatic rings. The Bertz CT molecular complexity index is 511. The van der Waals surface area contributed by atoms with Crippen molar-refractivity contribution in [1.82, 2.24) is 4.98 Å². The SMILES string of the molecule is Cc1ccncc1NC(C)c1cccc(F)c1. The first-order valence-electron chi connectivity index (χ1n) is 5.59. The molecule has 3 heteroatoms. The van der Waals surface area contributed by atoms with Crippen LogP contribution in [0, 0.1) is 12.7 Å². The second-order valence-corrected chi connectivity index (χ2v) is 4.11. The largest absolute Gasteiger partial charge is 0.377 e. The second kappa shape index (κ2) is 4.95. The van der Waals surface area contributed by atoms with Gasteiger partial charge in [-0.15, -0.1) is 0 Å². The van der Waals surface area contributed by atoms with Gasteiger partial charge < -0.3 is 5.32 Å². The lowest BCUT2D eigenvalue weighted by molar-refractivity contribution is 0.623. The number of halogens is 1. The van der Waals surface area contributed by atoms with Gasteiger partial charge in [0.2, 0.25) is 0 Å². The third-order valence-electron chi connectivity index (χ3n) is 2.76. The molecule has 0 aliphatic carbocycles. The molecule has 0 saturated carbocycles. The van der Waals surface area contributed by atoms with Crippen LogP contribution in [0.4, 0.5) is 10.1 Å². The smallest absolute Gasteiger partial charge is 0.123 e. The molecule has 2 nitrogen and oxygen atoms in total. The Morgan fingerprint density at radius 3 is 2.82 bits per heavy atom. The fourth-order valence-corrected chi connectivity index (χ4v) is 1.71. The van der Waals surface area contributed by atoms with E-state index >= 15 is 0 Å². The molecule has 0 saturated heterocycles. The molecule has 0 bridgehead atoms. The lowest BCUT2D eigenvalue weighted by atomic mass is 10.1. The van der Waals surface area contributed by atoms with Crippen molar-refractivity contribution in [1.29, 1.82) is 0 Å². The molecule has 0 aliphatic rings. The van der Waals surface area contributed by atoms with E-state index in [0.717, 1.165) is 16.8 Å². The minimum absolute atomic E-state index is 0.0496. The molecule has 1 atom stereocenters. The van der Waals surface area contributed by atoms with Crippen LogP contribution in [0.5, 0.6) is 0 Å². The summed E-state index contributed by atoms with van der Waals surface area (Å²) in [5.74, 6) is -0.209. The highest BCUT2D eigenvalue weighted by molar-refractivity contribution is 5.49. The van der Waals surface area contributed by atoms with Crippen LogP contribution < -0.4 is 5.32 Å². The Labute approximate surface area is 101 Å². The van der Waals surface area contributed by atoms with E-state index in [-0.39, 0.29) is 11.9 Å². The molecule has 17 heavy (non-hydrogen) atoms. The van der Waals surface area contributed by atoms with Gasteiger partial charge in [0.15, 0.2) is 0 Å². The predicted molar refractivity (Wildman–Crippen MR) is 67.4 cm³/mol. The van der Waals surface area contributed by atoms with Gasteiger partial charge in [0.1, 0.15) is 5.82 Å². The zero-order valence-corrected chi connectivity index (χ0v) is 9.94. The van der Waals surface area contributed by atoms with Crippen molar-refractivity contribution >= 4 is 5.69 Å².